The Morgan fingerprint density at radius 2 is 1.94 bits per heavy atom. The molecular weight excluding hydrogens is 200 g/mol. The summed E-state index contributed by atoms with van der Waals surface area (Å²) in [6, 6.07) is 4.84. The average Bonchev–Trinajstić information content (AvgIpc) is 2.19. The first-order valence-corrected chi connectivity index (χ1v) is 5.73. The van der Waals surface area contributed by atoms with Gasteiger partial charge in [-0.15, -0.1) is 0 Å². The van der Waals surface area contributed by atoms with Crippen molar-refractivity contribution >= 4 is 5.69 Å². The van der Waals surface area contributed by atoms with Gasteiger partial charge >= 0.3 is 0 Å². The molecule has 1 N–H and O–H groups in total. The van der Waals surface area contributed by atoms with Crippen molar-refractivity contribution < 1.29 is 4.74 Å². The first-order valence-electron chi connectivity index (χ1n) is 5.73. The van der Waals surface area contributed by atoms with Crippen LogP contribution < -0.4 is 15.0 Å². The fraction of sp³-hybridized carbons (Fsp3) is 0.538. The van der Waals surface area contributed by atoms with Crippen LogP contribution in [0.2, 0.25) is 0 Å². The second-order valence-electron chi connectivity index (χ2n) is 4.46. The number of hydrogen-bond acceptors (Lipinski definition) is 3. The van der Waals surface area contributed by atoms with E-state index in [9.17, 15) is 0 Å². The van der Waals surface area contributed by atoms with Crippen molar-refractivity contribution in [1.29, 1.82) is 0 Å². The van der Waals surface area contributed by atoms with Gasteiger partial charge in [0.1, 0.15) is 5.75 Å². The van der Waals surface area contributed by atoms with E-state index in [2.05, 4.69) is 43.2 Å². The Hall–Kier alpha value is -1.22. The number of nitrogens with zero attached hydrogens (tertiary/aromatic N) is 1. The predicted octanol–water partition coefficient (Wildman–Crippen LogP) is 1.72. The fourth-order valence-electron chi connectivity index (χ4n) is 2.13. The Balaban J connectivity index is 2.30. The topological polar surface area (TPSA) is 24.5 Å². The number of methoxy groups -OCH3 is 1. The summed E-state index contributed by atoms with van der Waals surface area (Å²) >= 11 is 0. The molecule has 0 aliphatic carbocycles. The molecule has 0 radical (unpaired) electrons. The van der Waals surface area contributed by atoms with Crippen LogP contribution >= 0.6 is 0 Å². The number of anilines is 1. The van der Waals surface area contributed by atoms with Crippen LogP contribution in [0.15, 0.2) is 12.1 Å². The van der Waals surface area contributed by atoms with Gasteiger partial charge in [-0.2, -0.15) is 0 Å². The van der Waals surface area contributed by atoms with E-state index < -0.39 is 0 Å². The molecule has 0 unspecified atom stereocenters. The third-order valence-corrected chi connectivity index (χ3v) is 3.62. The number of nitrogens with one attached hydrogen (secondary N) is 1. The number of likely N-dealkylation sites (N-methyl/N-ethyl adjacent to an activating group) is 1. The van der Waals surface area contributed by atoms with E-state index in [0.29, 0.717) is 6.04 Å². The summed E-state index contributed by atoms with van der Waals surface area (Å²) in [6.07, 6.45) is 0. The molecule has 1 aromatic carbocycles. The molecule has 1 saturated heterocycles. The molecule has 0 saturated carbocycles. The SMILES string of the molecule is COc1ccc(N(C)C2CNC2)c(C)c1C. The van der Waals surface area contributed by atoms with E-state index in [4.69, 9.17) is 4.74 Å². The predicted molar refractivity (Wildman–Crippen MR) is 67.5 cm³/mol. The Labute approximate surface area is 97.4 Å². The van der Waals surface area contributed by atoms with Crippen molar-refractivity contribution in [3.05, 3.63) is 23.3 Å². The van der Waals surface area contributed by atoms with Crippen LogP contribution in [0, 0.1) is 13.8 Å². The minimum Gasteiger partial charge on any atom is -0.496 e. The van der Waals surface area contributed by atoms with E-state index in [1.807, 2.05) is 0 Å². The molecule has 16 heavy (non-hydrogen) atoms. The third-order valence-electron chi connectivity index (χ3n) is 3.62. The molecule has 1 aliphatic heterocycles. The van der Waals surface area contributed by atoms with Crippen LogP contribution in [-0.4, -0.2) is 33.3 Å². The fourth-order valence-corrected chi connectivity index (χ4v) is 2.13. The Morgan fingerprint density at radius 3 is 2.44 bits per heavy atom. The highest BCUT2D eigenvalue weighted by Gasteiger charge is 2.23. The second-order valence-corrected chi connectivity index (χ2v) is 4.46. The highest BCUT2D eigenvalue weighted by Crippen LogP contribution is 2.30. The molecular formula is C13H20N2O. The minimum atomic E-state index is 0.631. The average molecular weight is 220 g/mol. The lowest BCUT2D eigenvalue weighted by atomic mass is 10.0. The first kappa shape index (κ1) is 11.3. The zero-order chi connectivity index (χ0) is 11.7. The molecule has 1 fully saturated rings. The first-order chi connectivity index (χ1) is 7.65. The van der Waals surface area contributed by atoms with Crippen molar-refractivity contribution in [2.75, 3.05) is 32.1 Å². The quantitative estimate of drug-likeness (QED) is 0.839. The van der Waals surface area contributed by atoms with Gasteiger partial charge in [0, 0.05) is 25.8 Å². The lowest BCUT2D eigenvalue weighted by molar-refractivity contribution is 0.410. The van der Waals surface area contributed by atoms with Gasteiger partial charge < -0.3 is 15.0 Å². The summed E-state index contributed by atoms with van der Waals surface area (Å²) in [6.45, 7) is 6.45. The Bertz CT molecular complexity index is 386. The van der Waals surface area contributed by atoms with Gasteiger partial charge in [-0.05, 0) is 37.1 Å². The molecule has 2 rings (SSSR count). The zero-order valence-corrected chi connectivity index (χ0v) is 10.5. The van der Waals surface area contributed by atoms with Crippen LogP contribution in [0.1, 0.15) is 11.1 Å². The molecule has 1 aromatic rings. The lowest BCUT2D eigenvalue weighted by Gasteiger charge is -2.38. The van der Waals surface area contributed by atoms with Crippen molar-refractivity contribution in [2.24, 2.45) is 0 Å². The van der Waals surface area contributed by atoms with Gasteiger partial charge in [0.05, 0.1) is 13.2 Å². The van der Waals surface area contributed by atoms with Gasteiger partial charge in [0.25, 0.3) is 0 Å². The van der Waals surface area contributed by atoms with E-state index in [1.54, 1.807) is 7.11 Å². The van der Waals surface area contributed by atoms with Gasteiger partial charge in [-0.3, -0.25) is 0 Å². The number of benzene rings is 1. The van der Waals surface area contributed by atoms with Crippen LogP contribution in [0.25, 0.3) is 0 Å². The van der Waals surface area contributed by atoms with E-state index in [0.717, 1.165) is 18.8 Å². The highest BCUT2D eigenvalue weighted by molar-refractivity contribution is 5.60. The summed E-state index contributed by atoms with van der Waals surface area (Å²) < 4.78 is 5.33. The summed E-state index contributed by atoms with van der Waals surface area (Å²) in [5.41, 5.74) is 3.86. The maximum atomic E-state index is 5.33. The van der Waals surface area contributed by atoms with Crippen LogP contribution in [0.5, 0.6) is 5.75 Å². The monoisotopic (exact) mass is 220 g/mol. The van der Waals surface area contributed by atoms with E-state index in [-0.39, 0.29) is 0 Å². The standard InChI is InChI=1S/C13H20N2O/c1-9-10(2)13(16-4)6-5-12(9)15(3)11-7-14-8-11/h5-6,11,14H,7-8H2,1-4H3. The van der Waals surface area contributed by atoms with Crippen LogP contribution in [-0.2, 0) is 0 Å². The maximum absolute atomic E-state index is 5.33. The minimum absolute atomic E-state index is 0.631. The van der Waals surface area contributed by atoms with Gasteiger partial charge in [0.15, 0.2) is 0 Å². The normalized spacial score (nSPS) is 15.8. The Kier molecular flexibility index (Phi) is 3.06. The van der Waals surface area contributed by atoms with E-state index >= 15 is 0 Å². The summed E-state index contributed by atoms with van der Waals surface area (Å²) in [4.78, 5) is 2.36. The molecule has 1 aliphatic rings. The second kappa shape index (κ2) is 4.34. The molecule has 0 spiro atoms. The smallest absolute Gasteiger partial charge is 0.122 e. The van der Waals surface area contributed by atoms with Crippen molar-refractivity contribution in [3.8, 4) is 5.75 Å². The number of rotatable bonds is 3. The highest BCUT2D eigenvalue weighted by atomic mass is 16.5. The number of ether oxygens (including phenoxy) is 1. The van der Waals surface area contributed by atoms with E-state index in [1.165, 1.54) is 16.8 Å². The summed E-state index contributed by atoms with van der Waals surface area (Å²) in [5.74, 6) is 0.974. The van der Waals surface area contributed by atoms with Gasteiger partial charge in [-0.1, -0.05) is 0 Å². The summed E-state index contributed by atoms with van der Waals surface area (Å²) in [5, 5.41) is 3.30. The molecule has 0 atom stereocenters. The van der Waals surface area contributed by atoms with Crippen molar-refractivity contribution in [3.63, 3.8) is 0 Å². The Morgan fingerprint density at radius 1 is 1.25 bits per heavy atom. The molecule has 3 nitrogen and oxygen atoms in total. The van der Waals surface area contributed by atoms with Crippen molar-refractivity contribution in [1.82, 2.24) is 5.32 Å². The molecule has 0 amide bonds. The lowest BCUT2D eigenvalue weighted by Crippen LogP contribution is -2.56. The summed E-state index contributed by atoms with van der Waals surface area (Å²) in [7, 11) is 3.89. The maximum Gasteiger partial charge on any atom is 0.122 e. The van der Waals surface area contributed by atoms with Crippen molar-refractivity contribution in [2.45, 2.75) is 19.9 Å². The molecule has 0 aromatic heterocycles. The molecule has 1 heterocycles. The van der Waals surface area contributed by atoms with Crippen LogP contribution in [0.4, 0.5) is 5.69 Å². The number of hydrogen-bond donors (Lipinski definition) is 1. The largest absolute Gasteiger partial charge is 0.496 e. The van der Waals surface area contributed by atoms with Gasteiger partial charge in [0.2, 0.25) is 0 Å². The van der Waals surface area contributed by atoms with Gasteiger partial charge in [-0.25, -0.2) is 0 Å². The van der Waals surface area contributed by atoms with Crippen LogP contribution in [0.3, 0.4) is 0 Å². The molecule has 0 bridgehead atoms. The zero-order valence-electron chi connectivity index (χ0n) is 10.5. The molecule has 3 heteroatoms. The molecule has 88 valence electrons. The third kappa shape index (κ3) is 1.76.